The van der Waals surface area contributed by atoms with Crippen LogP contribution in [0.5, 0.6) is 0 Å². The van der Waals surface area contributed by atoms with Crippen LogP contribution in [0.3, 0.4) is 0 Å². The third kappa shape index (κ3) is 18200. The number of hydrogen-bond acceptors (Lipinski definition) is 2. The summed E-state index contributed by atoms with van der Waals surface area (Å²) in [7, 11) is -4.67. The van der Waals surface area contributed by atoms with E-state index < -0.39 is 10.4 Å². The van der Waals surface area contributed by atoms with Gasteiger partial charge in [-0.2, -0.15) is 15.3 Å². The van der Waals surface area contributed by atoms with Gasteiger partial charge in [0, 0.05) is 8.41 Å². The second-order valence-corrected chi connectivity index (χ2v) is 1.55. The minimum absolute atomic E-state index is 0. The van der Waals surface area contributed by atoms with Crippen LogP contribution in [0, 0.1) is 19.3 Å². The molecule has 0 saturated carbocycles. The van der Waals surface area contributed by atoms with Crippen LogP contribution in [0.2, 0.25) is 0 Å². The molecule has 0 bridgehead atoms. The molecule has 0 amide bonds. The van der Waals surface area contributed by atoms with E-state index in [1.54, 1.807) is 0 Å². The van der Waals surface area contributed by atoms with Gasteiger partial charge in [-0.3, -0.25) is 23.2 Å². The van der Waals surface area contributed by atoms with E-state index in [2.05, 4.69) is 13.3 Å². The Kier molecular flexibility index (Phi) is 122. The molecule has 3 radical (unpaired) electrons. The summed E-state index contributed by atoms with van der Waals surface area (Å²) in [5.41, 5.74) is 0. The number of hydrogen-bond donors (Lipinski definition) is 2. The van der Waals surface area contributed by atoms with Gasteiger partial charge in [0.15, 0.2) is 0 Å². The normalized spacial score (nSPS) is 5.00. The third-order valence-electron chi connectivity index (χ3n) is 0. The molecule has 10 heteroatoms. The van der Waals surface area contributed by atoms with Crippen LogP contribution < -0.4 is 18.9 Å². The maximum Gasteiger partial charge on any atom is 1.00 e. The van der Waals surface area contributed by atoms with Gasteiger partial charge in [0.25, 0.3) is 0 Å². The summed E-state index contributed by atoms with van der Waals surface area (Å²) in [4.78, 5) is 0. The summed E-state index contributed by atoms with van der Waals surface area (Å²) in [5, 5.41) is 0. The number of terminal acetylenes is 1. The van der Waals surface area contributed by atoms with Crippen LogP contribution in [0.25, 0.3) is 0 Å². The Morgan fingerprint density at radius 3 is 1.15 bits per heavy atom. The number of rotatable bonds is 0. The molecular weight excluding hydrogens is 207 g/mol. The fourth-order valence-electron chi connectivity index (χ4n) is 0. The standard InChI is InChI=1S/C3H3.B.3FH.Li.H2O4S/c1-3-2;;;;;;1-5(2,3)4/h1H,2H2;;3*1H;;(H2,1,2,3,4)/q-1;;;;;+1;. The molecule has 0 saturated heterocycles. The Labute approximate surface area is 88.9 Å². The van der Waals surface area contributed by atoms with Crippen molar-refractivity contribution in [2.45, 2.75) is 0 Å². The van der Waals surface area contributed by atoms with Crippen molar-refractivity contribution >= 4 is 18.8 Å². The van der Waals surface area contributed by atoms with Gasteiger partial charge in [0.05, 0.1) is 0 Å². The first kappa shape index (κ1) is 53.2. The molecule has 0 atom stereocenters. The molecule has 0 fully saturated rings. The second kappa shape index (κ2) is 29.8. The smallest absolute Gasteiger partial charge is 0.345 e. The largest absolute Gasteiger partial charge is 1.00 e. The van der Waals surface area contributed by atoms with E-state index in [4.69, 9.17) is 17.5 Å². The predicted molar refractivity (Wildman–Crippen MR) is 41.6 cm³/mol. The first-order valence-corrected chi connectivity index (χ1v) is 2.74. The maximum absolute atomic E-state index is 8.74. The van der Waals surface area contributed by atoms with E-state index >= 15 is 0 Å². The summed E-state index contributed by atoms with van der Waals surface area (Å²) in [6.45, 7) is 3.01. The molecule has 13 heavy (non-hydrogen) atoms. The molecule has 0 aromatic rings. The molecule has 0 spiro atoms. The Balaban J connectivity index is -0.00000000840. The molecule has 4 nitrogen and oxygen atoms in total. The van der Waals surface area contributed by atoms with E-state index in [9.17, 15) is 0 Å². The molecule has 0 heterocycles. The summed E-state index contributed by atoms with van der Waals surface area (Å²) in [6, 6.07) is 0. The van der Waals surface area contributed by atoms with Gasteiger partial charge in [-0.05, 0) is 0 Å². The van der Waals surface area contributed by atoms with E-state index in [-0.39, 0.29) is 41.4 Å². The van der Waals surface area contributed by atoms with Gasteiger partial charge in [-0.1, -0.05) is 0 Å². The minimum Gasteiger partial charge on any atom is -0.345 e. The zero-order valence-electron chi connectivity index (χ0n) is 6.71. The van der Waals surface area contributed by atoms with Crippen molar-refractivity contribution in [2.24, 2.45) is 0 Å². The van der Waals surface area contributed by atoms with E-state index in [0.717, 1.165) is 0 Å². The van der Waals surface area contributed by atoms with Gasteiger partial charge in [0.2, 0.25) is 0 Å². The van der Waals surface area contributed by atoms with Crippen molar-refractivity contribution in [3.8, 4) is 12.3 Å². The van der Waals surface area contributed by atoms with Crippen LogP contribution >= 0.6 is 0 Å². The van der Waals surface area contributed by atoms with Gasteiger partial charge < -0.3 is 12.3 Å². The van der Waals surface area contributed by atoms with Crippen LogP contribution in [-0.2, 0) is 10.4 Å². The zero-order valence-corrected chi connectivity index (χ0v) is 7.52. The van der Waals surface area contributed by atoms with Gasteiger partial charge in [-0.25, -0.2) is 0 Å². The van der Waals surface area contributed by atoms with Gasteiger partial charge >= 0.3 is 29.3 Å². The molecule has 0 aliphatic heterocycles. The van der Waals surface area contributed by atoms with Crippen molar-refractivity contribution in [3.05, 3.63) is 6.92 Å². The minimum atomic E-state index is -4.67. The van der Waals surface area contributed by atoms with Crippen molar-refractivity contribution in [3.63, 3.8) is 0 Å². The Morgan fingerprint density at radius 1 is 1.15 bits per heavy atom. The van der Waals surface area contributed by atoms with Gasteiger partial charge in [-0.15, -0.1) is 0 Å². The average Bonchev–Trinajstić information content (AvgIpc) is 1.27. The topological polar surface area (TPSA) is 74.6 Å². The summed E-state index contributed by atoms with van der Waals surface area (Å²) >= 11 is 0. The number of halogens is 3. The first-order chi connectivity index (χ1) is 3.41. The molecular formula is C3H8BF3LiO4S. The van der Waals surface area contributed by atoms with Crippen molar-refractivity contribution in [1.82, 2.24) is 0 Å². The Hall–Kier alpha value is -0.248. The molecule has 0 aromatic carbocycles. The molecule has 0 unspecified atom stereocenters. The predicted octanol–water partition coefficient (Wildman–Crippen LogP) is -3.12. The molecule has 0 aliphatic rings. The summed E-state index contributed by atoms with van der Waals surface area (Å²) in [6.07, 6.45) is 4.49. The molecule has 0 aliphatic carbocycles. The monoisotopic (exact) mass is 215 g/mol. The fourth-order valence-corrected chi connectivity index (χ4v) is 0. The molecule has 0 rings (SSSR count). The first-order valence-electron chi connectivity index (χ1n) is 1.34. The van der Waals surface area contributed by atoms with E-state index in [1.165, 1.54) is 0 Å². The van der Waals surface area contributed by atoms with Crippen LogP contribution in [0.4, 0.5) is 14.1 Å². The Morgan fingerprint density at radius 2 is 1.15 bits per heavy atom. The fraction of sp³-hybridized carbons (Fsp3) is 0. The van der Waals surface area contributed by atoms with Gasteiger partial charge in [0.1, 0.15) is 0 Å². The second-order valence-electron chi connectivity index (χ2n) is 0.652. The molecule has 2 N–H and O–H groups in total. The average molecular weight is 215 g/mol. The molecule has 0 aromatic heterocycles. The quantitative estimate of drug-likeness (QED) is 0.194. The van der Waals surface area contributed by atoms with Crippen LogP contribution in [0.15, 0.2) is 0 Å². The third-order valence-corrected chi connectivity index (χ3v) is 0. The van der Waals surface area contributed by atoms with Crippen molar-refractivity contribution < 1.29 is 50.5 Å². The van der Waals surface area contributed by atoms with Crippen molar-refractivity contribution in [2.75, 3.05) is 0 Å². The summed E-state index contributed by atoms with van der Waals surface area (Å²) in [5.74, 6) is 2.00. The summed E-state index contributed by atoms with van der Waals surface area (Å²) < 4.78 is 31.6. The van der Waals surface area contributed by atoms with Crippen LogP contribution in [-0.4, -0.2) is 25.9 Å². The zero-order chi connectivity index (χ0) is 7.21. The van der Waals surface area contributed by atoms with E-state index in [1.807, 2.05) is 5.92 Å². The Bertz CT molecular complexity index is 172. The van der Waals surface area contributed by atoms with Crippen LogP contribution in [0.1, 0.15) is 0 Å². The maximum atomic E-state index is 8.74. The SMILES string of the molecule is C#C[CH2-].F.F.F.O=S(=O)(O)O.[B].[Li+]. The molecule has 75 valence electrons. The van der Waals surface area contributed by atoms with E-state index in [0.29, 0.717) is 0 Å². The van der Waals surface area contributed by atoms with Crippen molar-refractivity contribution in [1.29, 1.82) is 0 Å².